The van der Waals surface area contributed by atoms with Crippen molar-refractivity contribution in [2.75, 3.05) is 10.6 Å². The Hall–Kier alpha value is -3.41. The van der Waals surface area contributed by atoms with Gasteiger partial charge < -0.3 is 15.7 Å². The standard InChI is InChI=1S/C19H17N3O3/c1-13(23)20-16-9-8-14-6-5-7-15(18(14)19(16)25)21-17(24)12-22-10-3-2-4-11-22/h2-11H,12H2,1H3,(H2-,20,21,23,24,25)/p+1. The molecule has 0 saturated carbocycles. The summed E-state index contributed by atoms with van der Waals surface area (Å²) in [5.41, 5.74) is 0.794. The number of phenols is 1. The normalized spacial score (nSPS) is 10.4. The number of fused-ring (bicyclic) bond motifs is 1. The second-order valence-electron chi connectivity index (χ2n) is 5.64. The van der Waals surface area contributed by atoms with Gasteiger partial charge in [0.2, 0.25) is 12.5 Å². The predicted molar refractivity (Wildman–Crippen MR) is 95.2 cm³/mol. The van der Waals surface area contributed by atoms with Crippen molar-refractivity contribution in [3.63, 3.8) is 0 Å². The molecule has 0 radical (unpaired) electrons. The van der Waals surface area contributed by atoms with Crippen LogP contribution in [0.1, 0.15) is 6.92 Å². The van der Waals surface area contributed by atoms with Crippen molar-refractivity contribution in [3.8, 4) is 5.75 Å². The molecule has 0 spiro atoms. The van der Waals surface area contributed by atoms with Crippen molar-refractivity contribution < 1.29 is 19.3 Å². The fourth-order valence-corrected chi connectivity index (χ4v) is 2.65. The fourth-order valence-electron chi connectivity index (χ4n) is 2.65. The number of amides is 2. The number of pyridine rings is 1. The lowest BCUT2D eigenvalue weighted by Crippen LogP contribution is -2.39. The van der Waals surface area contributed by atoms with Crippen molar-refractivity contribution in [3.05, 3.63) is 60.9 Å². The minimum atomic E-state index is -0.281. The monoisotopic (exact) mass is 336 g/mol. The predicted octanol–water partition coefficient (Wildman–Crippen LogP) is 2.43. The first-order valence-corrected chi connectivity index (χ1v) is 7.81. The summed E-state index contributed by atoms with van der Waals surface area (Å²) in [7, 11) is 0. The zero-order valence-electron chi connectivity index (χ0n) is 13.7. The van der Waals surface area contributed by atoms with E-state index in [9.17, 15) is 14.7 Å². The van der Waals surface area contributed by atoms with E-state index in [0.717, 1.165) is 5.39 Å². The summed E-state index contributed by atoms with van der Waals surface area (Å²) < 4.78 is 1.75. The number of aromatic nitrogens is 1. The van der Waals surface area contributed by atoms with Gasteiger partial charge in [0.05, 0.1) is 11.4 Å². The van der Waals surface area contributed by atoms with E-state index in [1.807, 2.05) is 24.3 Å². The Labute approximate surface area is 144 Å². The molecule has 126 valence electrons. The van der Waals surface area contributed by atoms with Gasteiger partial charge in [-0.1, -0.05) is 24.3 Å². The first kappa shape index (κ1) is 16.4. The zero-order valence-corrected chi connectivity index (χ0v) is 13.7. The average Bonchev–Trinajstić information content (AvgIpc) is 2.58. The number of nitrogens with one attached hydrogen (secondary N) is 2. The molecule has 0 fully saturated rings. The maximum Gasteiger partial charge on any atom is 0.290 e. The van der Waals surface area contributed by atoms with Gasteiger partial charge in [-0.2, -0.15) is 4.57 Å². The Bertz CT molecular complexity index is 939. The third-order valence-corrected chi connectivity index (χ3v) is 3.71. The first-order valence-electron chi connectivity index (χ1n) is 7.81. The number of phenolic OH excluding ortho intramolecular Hbond substituents is 1. The zero-order chi connectivity index (χ0) is 17.8. The van der Waals surface area contributed by atoms with Crippen LogP contribution in [0.3, 0.4) is 0 Å². The smallest absolute Gasteiger partial charge is 0.290 e. The van der Waals surface area contributed by atoms with Gasteiger partial charge in [0.1, 0.15) is 5.75 Å². The molecule has 0 aliphatic carbocycles. The highest BCUT2D eigenvalue weighted by molar-refractivity contribution is 6.08. The molecule has 2 aromatic carbocycles. The van der Waals surface area contributed by atoms with Gasteiger partial charge in [-0.25, -0.2) is 0 Å². The molecule has 2 amide bonds. The maximum absolute atomic E-state index is 12.3. The lowest BCUT2D eigenvalue weighted by molar-refractivity contribution is -0.684. The van der Waals surface area contributed by atoms with Crippen LogP contribution >= 0.6 is 0 Å². The summed E-state index contributed by atoms with van der Waals surface area (Å²) in [5, 5.41) is 17.2. The second kappa shape index (κ2) is 7.00. The van der Waals surface area contributed by atoms with Gasteiger partial charge in [0.25, 0.3) is 5.91 Å². The summed E-state index contributed by atoms with van der Waals surface area (Å²) >= 11 is 0. The maximum atomic E-state index is 12.3. The molecule has 3 aromatic rings. The number of nitrogens with zero attached hydrogens (tertiary/aromatic N) is 1. The van der Waals surface area contributed by atoms with E-state index in [-0.39, 0.29) is 24.1 Å². The molecule has 0 bridgehead atoms. The molecule has 6 heteroatoms. The van der Waals surface area contributed by atoms with Crippen LogP contribution in [0.15, 0.2) is 60.9 Å². The van der Waals surface area contributed by atoms with Gasteiger partial charge in [0, 0.05) is 24.4 Å². The Balaban J connectivity index is 1.92. The van der Waals surface area contributed by atoms with Crippen LogP contribution in [0.4, 0.5) is 11.4 Å². The molecule has 0 aliphatic rings. The second-order valence-corrected chi connectivity index (χ2v) is 5.64. The summed E-state index contributed by atoms with van der Waals surface area (Å²) in [5.74, 6) is -0.569. The van der Waals surface area contributed by atoms with E-state index in [2.05, 4.69) is 10.6 Å². The van der Waals surface area contributed by atoms with Crippen LogP contribution in [0.5, 0.6) is 5.75 Å². The van der Waals surface area contributed by atoms with Crippen molar-refractivity contribution >= 4 is 34.0 Å². The van der Waals surface area contributed by atoms with Gasteiger partial charge in [-0.3, -0.25) is 9.59 Å². The Kier molecular flexibility index (Phi) is 4.61. The summed E-state index contributed by atoms with van der Waals surface area (Å²) in [6.45, 7) is 1.53. The lowest BCUT2D eigenvalue weighted by atomic mass is 10.1. The minimum absolute atomic E-state index is 0.0732. The molecule has 1 aromatic heterocycles. The molecule has 25 heavy (non-hydrogen) atoms. The quantitative estimate of drug-likeness (QED) is 0.505. The van der Waals surface area contributed by atoms with Crippen LogP contribution in [0, 0.1) is 0 Å². The van der Waals surface area contributed by atoms with Crippen LogP contribution in [0.25, 0.3) is 10.8 Å². The number of aromatic hydroxyl groups is 1. The molecular weight excluding hydrogens is 318 g/mol. The molecule has 0 aliphatic heterocycles. The highest BCUT2D eigenvalue weighted by atomic mass is 16.3. The molecule has 3 rings (SSSR count). The number of rotatable bonds is 4. The average molecular weight is 336 g/mol. The van der Waals surface area contributed by atoms with E-state index in [1.54, 1.807) is 41.2 Å². The number of anilines is 2. The molecular formula is C19H18N3O3+. The molecule has 3 N–H and O–H groups in total. The first-order chi connectivity index (χ1) is 12.0. The number of carbonyl (C=O) groups is 2. The highest BCUT2D eigenvalue weighted by Crippen LogP contribution is 2.37. The SMILES string of the molecule is CC(=O)Nc1ccc2cccc(NC(=O)C[n+]3ccccc3)c2c1O. The molecule has 0 saturated heterocycles. The van der Waals surface area contributed by atoms with Crippen molar-refractivity contribution in [2.45, 2.75) is 13.5 Å². The third-order valence-electron chi connectivity index (χ3n) is 3.71. The fraction of sp³-hybridized carbons (Fsp3) is 0.105. The molecule has 0 unspecified atom stereocenters. The minimum Gasteiger partial charge on any atom is -0.505 e. The van der Waals surface area contributed by atoms with Crippen molar-refractivity contribution in [1.82, 2.24) is 0 Å². The van der Waals surface area contributed by atoms with Crippen LogP contribution < -0.4 is 15.2 Å². The number of hydrogen-bond acceptors (Lipinski definition) is 3. The van der Waals surface area contributed by atoms with E-state index < -0.39 is 0 Å². The number of benzene rings is 2. The van der Waals surface area contributed by atoms with Crippen LogP contribution in [-0.2, 0) is 16.1 Å². The topological polar surface area (TPSA) is 82.3 Å². The Morgan fingerprint density at radius 2 is 1.72 bits per heavy atom. The van der Waals surface area contributed by atoms with Gasteiger partial charge in [0.15, 0.2) is 12.4 Å². The lowest BCUT2D eigenvalue weighted by Gasteiger charge is -2.12. The van der Waals surface area contributed by atoms with E-state index >= 15 is 0 Å². The van der Waals surface area contributed by atoms with Gasteiger partial charge in [-0.15, -0.1) is 0 Å². The van der Waals surface area contributed by atoms with Gasteiger partial charge in [-0.05, 0) is 17.5 Å². The summed E-state index contributed by atoms with van der Waals surface area (Å²) in [4.78, 5) is 23.6. The Morgan fingerprint density at radius 3 is 2.44 bits per heavy atom. The summed E-state index contributed by atoms with van der Waals surface area (Å²) in [6, 6.07) is 14.3. The molecule has 1 heterocycles. The van der Waals surface area contributed by atoms with E-state index in [4.69, 9.17) is 0 Å². The number of hydrogen-bond donors (Lipinski definition) is 3. The van der Waals surface area contributed by atoms with Crippen molar-refractivity contribution in [2.24, 2.45) is 0 Å². The summed E-state index contributed by atoms with van der Waals surface area (Å²) in [6.07, 6.45) is 3.60. The molecule has 6 nitrogen and oxygen atoms in total. The van der Waals surface area contributed by atoms with Crippen molar-refractivity contribution in [1.29, 1.82) is 0 Å². The Morgan fingerprint density at radius 1 is 0.960 bits per heavy atom. The van der Waals surface area contributed by atoms with E-state index in [0.29, 0.717) is 16.8 Å². The van der Waals surface area contributed by atoms with E-state index in [1.165, 1.54) is 6.92 Å². The van der Waals surface area contributed by atoms with Crippen LogP contribution in [-0.4, -0.2) is 16.9 Å². The molecule has 0 atom stereocenters. The van der Waals surface area contributed by atoms with Crippen LogP contribution in [0.2, 0.25) is 0 Å². The largest absolute Gasteiger partial charge is 0.505 e. The number of carbonyl (C=O) groups excluding carboxylic acids is 2. The highest BCUT2D eigenvalue weighted by Gasteiger charge is 2.15. The third kappa shape index (κ3) is 3.74. The van der Waals surface area contributed by atoms with Gasteiger partial charge >= 0.3 is 0 Å².